The van der Waals surface area contributed by atoms with E-state index in [2.05, 4.69) is 0 Å². The van der Waals surface area contributed by atoms with Gasteiger partial charge in [0, 0.05) is 12.1 Å². The van der Waals surface area contributed by atoms with Crippen LogP contribution in [0.5, 0.6) is 0 Å². The Morgan fingerprint density at radius 1 is 1.12 bits per heavy atom. The number of hydrogen-bond acceptors (Lipinski definition) is 6. The van der Waals surface area contributed by atoms with E-state index in [-0.39, 0.29) is 25.0 Å². The van der Waals surface area contributed by atoms with Crippen molar-refractivity contribution >= 4 is 17.8 Å². The van der Waals surface area contributed by atoms with Crippen LogP contribution in [0.2, 0.25) is 0 Å². The van der Waals surface area contributed by atoms with Crippen molar-refractivity contribution in [2.45, 2.75) is 82.7 Å². The van der Waals surface area contributed by atoms with Gasteiger partial charge in [0.05, 0.1) is 25.2 Å². The molecule has 0 bridgehead atoms. The van der Waals surface area contributed by atoms with Gasteiger partial charge in [-0.1, -0.05) is 38.2 Å². The summed E-state index contributed by atoms with van der Waals surface area (Å²) in [5.74, 6) is -2.80. The van der Waals surface area contributed by atoms with Crippen LogP contribution in [0, 0.1) is 11.8 Å². The highest BCUT2D eigenvalue weighted by molar-refractivity contribution is 5.99. The lowest BCUT2D eigenvalue weighted by molar-refractivity contribution is -0.164. The molecule has 0 aromatic heterocycles. The summed E-state index contributed by atoms with van der Waals surface area (Å²) >= 11 is 0. The van der Waals surface area contributed by atoms with Crippen LogP contribution in [-0.2, 0) is 23.9 Å². The molecule has 1 unspecified atom stereocenters. The smallest absolute Gasteiger partial charge is 0.313 e. The highest BCUT2D eigenvalue weighted by Crippen LogP contribution is 2.58. The summed E-state index contributed by atoms with van der Waals surface area (Å²) < 4.78 is 12.3. The molecule has 1 spiro atoms. The van der Waals surface area contributed by atoms with Crippen molar-refractivity contribution < 1.29 is 29.0 Å². The van der Waals surface area contributed by atoms with E-state index in [1.54, 1.807) is 4.90 Å². The van der Waals surface area contributed by atoms with Gasteiger partial charge in [0.25, 0.3) is 0 Å². The molecule has 33 heavy (non-hydrogen) atoms. The zero-order valence-electron chi connectivity index (χ0n) is 20.2. The van der Waals surface area contributed by atoms with Crippen molar-refractivity contribution in [3.8, 4) is 0 Å². The fourth-order valence-electron chi connectivity index (χ4n) is 6.08. The predicted molar refractivity (Wildman–Crippen MR) is 121 cm³/mol. The predicted octanol–water partition coefficient (Wildman–Crippen LogP) is 1.82. The molecule has 1 N–H and O–H groups in total. The van der Waals surface area contributed by atoms with Crippen LogP contribution in [0.15, 0.2) is 24.3 Å². The number of cyclic esters (lactones) is 1. The molecule has 0 aliphatic carbocycles. The quantitative estimate of drug-likeness (QED) is 0.508. The number of rotatable bonds is 4. The van der Waals surface area contributed by atoms with Gasteiger partial charge < -0.3 is 24.4 Å². The first-order valence-corrected chi connectivity index (χ1v) is 12.0. The van der Waals surface area contributed by atoms with E-state index in [0.29, 0.717) is 25.8 Å². The van der Waals surface area contributed by atoms with Gasteiger partial charge >= 0.3 is 5.97 Å². The van der Waals surface area contributed by atoms with Crippen molar-refractivity contribution in [2.75, 3.05) is 19.8 Å². The Morgan fingerprint density at radius 3 is 2.45 bits per heavy atom. The maximum atomic E-state index is 14.1. The van der Waals surface area contributed by atoms with Gasteiger partial charge in [0.2, 0.25) is 11.8 Å². The molecule has 0 radical (unpaired) electrons. The number of esters is 1. The lowest BCUT2D eigenvalue weighted by Gasteiger charge is -2.43. The maximum absolute atomic E-state index is 14.1. The lowest BCUT2D eigenvalue weighted by Crippen LogP contribution is -2.61. The topological polar surface area (TPSA) is 96.4 Å². The number of nitrogens with zero attached hydrogens (tertiary/aromatic N) is 2. The highest BCUT2D eigenvalue weighted by Gasteiger charge is 2.76. The minimum Gasteiger partial charge on any atom is -0.465 e. The summed E-state index contributed by atoms with van der Waals surface area (Å²) in [6, 6.07) is -1.52. The van der Waals surface area contributed by atoms with Crippen LogP contribution >= 0.6 is 0 Å². The van der Waals surface area contributed by atoms with Gasteiger partial charge in [-0.2, -0.15) is 0 Å². The zero-order chi connectivity index (χ0) is 24.2. The van der Waals surface area contributed by atoms with Crippen LogP contribution in [0.25, 0.3) is 0 Å². The molecule has 6 atom stereocenters. The van der Waals surface area contributed by atoms with Gasteiger partial charge in [0.15, 0.2) is 0 Å². The van der Waals surface area contributed by atoms with Crippen LogP contribution in [0.1, 0.15) is 53.9 Å². The Bertz CT molecular complexity index is 888. The largest absolute Gasteiger partial charge is 0.465 e. The van der Waals surface area contributed by atoms with Crippen molar-refractivity contribution in [1.82, 2.24) is 9.80 Å². The number of fused-ring (bicyclic) bond motifs is 2. The van der Waals surface area contributed by atoms with Gasteiger partial charge in [-0.15, -0.1) is 0 Å². The van der Waals surface area contributed by atoms with Crippen LogP contribution in [0.3, 0.4) is 0 Å². The Kier molecular flexibility index (Phi) is 5.98. The third-order valence-electron chi connectivity index (χ3n) is 7.73. The number of carbonyl (C=O) groups is 3. The highest BCUT2D eigenvalue weighted by atomic mass is 16.6. The minimum absolute atomic E-state index is 0.229. The minimum atomic E-state index is -1.31. The number of aliphatic hydroxyl groups excluding tert-OH is 1. The summed E-state index contributed by atoms with van der Waals surface area (Å²) in [5, 5.41) is 10.1. The molecule has 2 saturated heterocycles. The van der Waals surface area contributed by atoms with Gasteiger partial charge in [-0.25, -0.2) is 0 Å². The van der Waals surface area contributed by atoms with Crippen molar-refractivity contribution in [1.29, 1.82) is 0 Å². The van der Waals surface area contributed by atoms with Gasteiger partial charge in [-0.3, -0.25) is 14.4 Å². The molecule has 0 aromatic rings. The summed E-state index contributed by atoms with van der Waals surface area (Å²) in [4.78, 5) is 44.7. The SMILES string of the molecule is CC[C@@H](CO)N1C(=O)[C@@H]2[C@@H]3C(=O)OCCC=C[C@]3(CC)O[C@@]23C=CCN(C(C)(C)C)C(=O)C13. The first-order valence-electron chi connectivity index (χ1n) is 12.0. The third-order valence-corrected chi connectivity index (χ3v) is 7.73. The molecular formula is C25H36N2O6. The first kappa shape index (κ1) is 24.0. The van der Waals surface area contributed by atoms with Gasteiger partial charge in [0.1, 0.15) is 23.2 Å². The van der Waals surface area contributed by atoms with E-state index >= 15 is 0 Å². The second-order valence-corrected chi connectivity index (χ2v) is 10.5. The molecule has 2 fully saturated rings. The van der Waals surface area contributed by atoms with Crippen molar-refractivity contribution in [2.24, 2.45) is 11.8 Å². The summed E-state index contributed by atoms with van der Waals surface area (Å²) in [6.45, 7) is 10.0. The number of likely N-dealkylation sites (tertiary alicyclic amines) is 1. The maximum Gasteiger partial charge on any atom is 0.313 e. The molecule has 8 heteroatoms. The second kappa shape index (κ2) is 8.24. The molecule has 2 amide bonds. The first-order chi connectivity index (χ1) is 15.6. The van der Waals surface area contributed by atoms with Crippen LogP contribution in [0.4, 0.5) is 0 Å². The Balaban J connectivity index is 1.95. The normalized spacial score (nSPS) is 37.2. The van der Waals surface area contributed by atoms with E-state index in [1.165, 1.54) is 4.90 Å². The van der Waals surface area contributed by atoms with E-state index in [9.17, 15) is 19.5 Å². The molecule has 0 saturated carbocycles. The molecule has 182 valence electrons. The zero-order valence-corrected chi connectivity index (χ0v) is 20.2. The summed E-state index contributed by atoms with van der Waals surface area (Å²) in [7, 11) is 0. The number of hydrogen-bond donors (Lipinski definition) is 1. The Labute approximate surface area is 195 Å². The van der Waals surface area contributed by atoms with Crippen LogP contribution in [-0.4, -0.2) is 81.3 Å². The summed E-state index contributed by atoms with van der Waals surface area (Å²) in [5.41, 5.74) is -2.84. The summed E-state index contributed by atoms with van der Waals surface area (Å²) in [6.07, 6.45) is 9.05. The molecule has 8 nitrogen and oxygen atoms in total. The molecule has 4 aliphatic rings. The average Bonchev–Trinajstić information content (AvgIpc) is 3.09. The molecule has 4 heterocycles. The van der Waals surface area contributed by atoms with Crippen molar-refractivity contribution in [3.05, 3.63) is 24.3 Å². The molecule has 4 rings (SSSR count). The number of amides is 2. The van der Waals surface area contributed by atoms with E-state index in [0.717, 1.165) is 0 Å². The fourth-order valence-corrected chi connectivity index (χ4v) is 6.08. The monoisotopic (exact) mass is 460 g/mol. The average molecular weight is 461 g/mol. The van der Waals surface area contributed by atoms with E-state index in [1.807, 2.05) is 58.9 Å². The van der Waals surface area contributed by atoms with Crippen LogP contribution < -0.4 is 0 Å². The van der Waals surface area contributed by atoms with Gasteiger partial charge in [-0.05, 0) is 40.0 Å². The third kappa shape index (κ3) is 3.36. The fraction of sp³-hybridized carbons (Fsp3) is 0.720. The van der Waals surface area contributed by atoms with E-state index < -0.39 is 46.6 Å². The second-order valence-electron chi connectivity index (χ2n) is 10.5. The molecule has 4 aliphatic heterocycles. The number of ether oxygens (including phenoxy) is 2. The van der Waals surface area contributed by atoms with E-state index in [4.69, 9.17) is 9.47 Å². The van der Waals surface area contributed by atoms with Crippen molar-refractivity contribution in [3.63, 3.8) is 0 Å². The number of carbonyl (C=O) groups excluding carboxylic acids is 3. The molecule has 0 aromatic carbocycles. The Hall–Kier alpha value is -2.19. The standard InChI is InChI=1S/C25H36N2O6/c1-6-16(15-28)27-19-21(30)26(23(3,4)5)13-10-12-25(19)17(20(27)29)18-22(31)32-14-9-8-11-24(18,7-2)33-25/h8,10-12,16-19,28H,6-7,9,13-15H2,1-5H3/t16-,17-,18+,19?,24-,25-/m0/s1. The number of aliphatic hydroxyl groups is 1. The molecular weight excluding hydrogens is 424 g/mol. The Morgan fingerprint density at radius 2 is 1.85 bits per heavy atom. The lowest BCUT2D eigenvalue weighted by atomic mass is 9.73.